The molecule has 0 aromatic heterocycles. The molecule has 0 aliphatic carbocycles. The summed E-state index contributed by atoms with van der Waals surface area (Å²) in [5, 5.41) is 2.68. The van der Waals surface area contributed by atoms with E-state index in [1.165, 1.54) is 18.7 Å². The van der Waals surface area contributed by atoms with Crippen molar-refractivity contribution in [1.82, 2.24) is 4.90 Å². The van der Waals surface area contributed by atoms with Gasteiger partial charge in [0.1, 0.15) is 6.54 Å². The average Bonchev–Trinajstić information content (AvgIpc) is 2.82. The van der Waals surface area contributed by atoms with Crippen molar-refractivity contribution in [3.05, 3.63) is 24.3 Å². The van der Waals surface area contributed by atoms with Crippen LogP contribution in [-0.2, 0) is 14.4 Å². The molecular formula is C18H25N3O3. The van der Waals surface area contributed by atoms with Gasteiger partial charge < -0.3 is 15.1 Å². The first-order valence-electron chi connectivity index (χ1n) is 8.41. The largest absolute Gasteiger partial charge is 0.341 e. The number of likely N-dealkylation sites (tertiary alicyclic amines) is 1. The predicted octanol–water partition coefficient (Wildman–Crippen LogP) is 2.40. The highest BCUT2D eigenvalue weighted by Crippen LogP contribution is 2.19. The molecule has 1 heterocycles. The van der Waals surface area contributed by atoms with Crippen LogP contribution in [0.4, 0.5) is 11.4 Å². The third kappa shape index (κ3) is 5.08. The number of hydrogen-bond donors (Lipinski definition) is 1. The Morgan fingerprint density at radius 1 is 1.00 bits per heavy atom. The van der Waals surface area contributed by atoms with E-state index in [1.807, 2.05) is 4.90 Å². The lowest BCUT2D eigenvalue weighted by atomic mass is 10.2. The molecule has 1 aromatic carbocycles. The van der Waals surface area contributed by atoms with Crippen LogP contribution in [0.3, 0.4) is 0 Å². The lowest BCUT2D eigenvalue weighted by molar-refractivity contribution is -0.131. The second-order valence-corrected chi connectivity index (χ2v) is 6.13. The number of carbonyl (C=O) groups is 3. The summed E-state index contributed by atoms with van der Waals surface area (Å²) in [5.74, 6) is -0.342. The first-order chi connectivity index (χ1) is 11.5. The van der Waals surface area contributed by atoms with Crippen LogP contribution in [0, 0.1) is 0 Å². The average molecular weight is 331 g/mol. The highest BCUT2D eigenvalue weighted by Gasteiger charge is 2.21. The smallest absolute Gasteiger partial charge is 0.242 e. The van der Waals surface area contributed by atoms with Crippen molar-refractivity contribution in [2.45, 2.75) is 39.5 Å². The molecule has 24 heavy (non-hydrogen) atoms. The number of benzene rings is 1. The summed E-state index contributed by atoms with van der Waals surface area (Å²) in [6.07, 6.45) is 4.37. The standard InChI is InChI=1S/C18H25N3O3/c1-14(22)19-16-7-9-17(10-8-16)21(15(2)23)13-18(24)20-11-5-3-4-6-12-20/h7-10H,3-6,11-13H2,1-2H3,(H,19,22). The molecule has 1 N–H and O–H groups in total. The van der Waals surface area contributed by atoms with E-state index in [4.69, 9.17) is 0 Å². The van der Waals surface area contributed by atoms with Gasteiger partial charge in [-0.15, -0.1) is 0 Å². The van der Waals surface area contributed by atoms with Gasteiger partial charge in [0.25, 0.3) is 0 Å². The molecule has 0 spiro atoms. The quantitative estimate of drug-likeness (QED) is 0.921. The number of nitrogens with zero attached hydrogens (tertiary/aromatic N) is 2. The molecule has 3 amide bonds. The molecule has 1 fully saturated rings. The Labute approximate surface area is 142 Å². The Kier molecular flexibility index (Phi) is 6.35. The SMILES string of the molecule is CC(=O)Nc1ccc(N(CC(=O)N2CCCCCC2)C(C)=O)cc1. The van der Waals surface area contributed by atoms with Gasteiger partial charge in [0.2, 0.25) is 17.7 Å². The van der Waals surface area contributed by atoms with Gasteiger partial charge in [-0.3, -0.25) is 14.4 Å². The van der Waals surface area contributed by atoms with E-state index < -0.39 is 0 Å². The second-order valence-electron chi connectivity index (χ2n) is 6.13. The van der Waals surface area contributed by atoms with Crippen LogP contribution in [0.15, 0.2) is 24.3 Å². The maximum atomic E-state index is 12.5. The van der Waals surface area contributed by atoms with Gasteiger partial charge in [-0.25, -0.2) is 0 Å². The summed E-state index contributed by atoms with van der Waals surface area (Å²) >= 11 is 0. The minimum absolute atomic E-state index is 0.0157. The van der Waals surface area contributed by atoms with Crippen molar-refractivity contribution in [3.63, 3.8) is 0 Å². The third-order valence-corrected chi connectivity index (χ3v) is 4.13. The molecule has 6 heteroatoms. The summed E-state index contributed by atoms with van der Waals surface area (Å²) < 4.78 is 0. The summed E-state index contributed by atoms with van der Waals surface area (Å²) in [4.78, 5) is 38.9. The summed E-state index contributed by atoms with van der Waals surface area (Å²) in [6, 6.07) is 6.93. The Bertz CT molecular complexity index is 590. The highest BCUT2D eigenvalue weighted by atomic mass is 16.2. The molecule has 1 aromatic rings. The molecule has 0 atom stereocenters. The number of rotatable bonds is 4. The van der Waals surface area contributed by atoms with E-state index in [9.17, 15) is 14.4 Å². The van der Waals surface area contributed by atoms with Crippen molar-refractivity contribution < 1.29 is 14.4 Å². The molecule has 0 saturated carbocycles. The Hall–Kier alpha value is -2.37. The molecule has 1 saturated heterocycles. The summed E-state index contributed by atoms with van der Waals surface area (Å²) in [7, 11) is 0. The van der Waals surface area contributed by atoms with Crippen LogP contribution < -0.4 is 10.2 Å². The van der Waals surface area contributed by atoms with Gasteiger partial charge in [-0.05, 0) is 37.1 Å². The maximum Gasteiger partial charge on any atom is 0.242 e. The molecule has 1 aliphatic heterocycles. The fraction of sp³-hybridized carbons (Fsp3) is 0.500. The maximum absolute atomic E-state index is 12.5. The zero-order chi connectivity index (χ0) is 17.5. The van der Waals surface area contributed by atoms with Crippen LogP contribution in [0.2, 0.25) is 0 Å². The minimum atomic E-state index is -0.176. The summed E-state index contributed by atoms with van der Waals surface area (Å²) in [5.41, 5.74) is 1.31. The van der Waals surface area contributed by atoms with Crippen molar-refractivity contribution >= 4 is 29.1 Å². The second kappa shape index (κ2) is 8.47. The van der Waals surface area contributed by atoms with Crippen LogP contribution >= 0.6 is 0 Å². The molecule has 1 aliphatic rings. The first kappa shape index (κ1) is 18.0. The van der Waals surface area contributed by atoms with Crippen LogP contribution in [-0.4, -0.2) is 42.3 Å². The molecule has 0 bridgehead atoms. The van der Waals surface area contributed by atoms with Crippen molar-refractivity contribution in [2.75, 3.05) is 29.9 Å². The third-order valence-electron chi connectivity index (χ3n) is 4.13. The first-order valence-corrected chi connectivity index (χ1v) is 8.41. The zero-order valence-electron chi connectivity index (χ0n) is 14.4. The van der Waals surface area contributed by atoms with E-state index in [0.29, 0.717) is 11.4 Å². The van der Waals surface area contributed by atoms with Gasteiger partial charge in [0.15, 0.2) is 0 Å². The lowest BCUT2D eigenvalue weighted by Gasteiger charge is -2.26. The van der Waals surface area contributed by atoms with Crippen molar-refractivity contribution in [3.8, 4) is 0 Å². The molecule has 0 unspecified atom stereocenters. The monoisotopic (exact) mass is 331 g/mol. The van der Waals surface area contributed by atoms with E-state index in [-0.39, 0.29) is 24.3 Å². The Morgan fingerprint density at radius 3 is 2.08 bits per heavy atom. The molecule has 6 nitrogen and oxygen atoms in total. The summed E-state index contributed by atoms with van der Waals surface area (Å²) in [6.45, 7) is 4.49. The number of hydrogen-bond acceptors (Lipinski definition) is 3. The van der Waals surface area contributed by atoms with Gasteiger partial charge >= 0.3 is 0 Å². The molecule has 2 rings (SSSR count). The Balaban J connectivity index is 2.06. The van der Waals surface area contributed by atoms with Crippen LogP contribution in [0.1, 0.15) is 39.5 Å². The fourth-order valence-corrected chi connectivity index (χ4v) is 2.87. The molecular weight excluding hydrogens is 306 g/mol. The zero-order valence-corrected chi connectivity index (χ0v) is 14.4. The Morgan fingerprint density at radius 2 is 1.58 bits per heavy atom. The van der Waals surface area contributed by atoms with Gasteiger partial charge in [-0.1, -0.05) is 12.8 Å². The number of carbonyl (C=O) groups excluding carboxylic acids is 3. The van der Waals surface area contributed by atoms with E-state index in [0.717, 1.165) is 38.8 Å². The van der Waals surface area contributed by atoms with Crippen molar-refractivity contribution in [2.24, 2.45) is 0 Å². The van der Waals surface area contributed by atoms with Crippen LogP contribution in [0.5, 0.6) is 0 Å². The lowest BCUT2D eigenvalue weighted by Crippen LogP contribution is -2.42. The number of amides is 3. The topological polar surface area (TPSA) is 69.7 Å². The predicted molar refractivity (Wildman–Crippen MR) is 93.8 cm³/mol. The number of nitrogens with one attached hydrogen (secondary N) is 1. The van der Waals surface area contributed by atoms with Gasteiger partial charge in [-0.2, -0.15) is 0 Å². The highest BCUT2D eigenvalue weighted by molar-refractivity contribution is 5.98. The minimum Gasteiger partial charge on any atom is -0.341 e. The van der Waals surface area contributed by atoms with Crippen molar-refractivity contribution in [1.29, 1.82) is 0 Å². The van der Waals surface area contributed by atoms with Gasteiger partial charge in [0, 0.05) is 38.3 Å². The van der Waals surface area contributed by atoms with Gasteiger partial charge in [0.05, 0.1) is 0 Å². The number of anilines is 2. The van der Waals surface area contributed by atoms with E-state index >= 15 is 0 Å². The fourth-order valence-electron chi connectivity index (χ4n) is 2.87. The normalized spacial score (nSPS) is 14.7. The van der Waals surface area contributed by atoms with Crippen LogP contribution in [0.25, 0.3) is 0 Å². The molecule has 0 radical (unpaired) electrons. The van der Waals surface area contributed by atoms with E-state index in [2.05, 4.69) is 5.32 Å². The van der Waals surface area contributed by atoms with E-state index in [1.54, 1.807) is 24.3 Å². The molecule has 130 valence electrons.